The highest BCUT2D eigenvalue weighted by Crippen LogP contribution is 2.36. The van der Waals surface area contributed by atoms with E-state index in [-0.39, 0.29) is 5.91 Å². The molecular formula is C22H23NO4S. The second-order valence-corrected chi connectivity index (χ2v) is 7.38. The number of hydrogen-bond donors (Lipinski definition) is 1. The summed E-state index contributed by atoms with van der Waals surface area (Å²) in [6.45, 7) is 2.82. The molecule has 0 aliphatic rings. The van der Waals surface area contributed by atoms with E-state index in [4.69, 9.17) is 9.47 Å². The number of carbonyl (C=O) groups is 2. The van der Waals surface area contributed by atoms with Crippen LogP contribution in [0.3, 0.4) is 0 Å². The summed E-state index contributed by atoms with van der Waals surface area (Å²) in [6, 6.07) is 14.5. The number of anilines is 1. The fourth-order valence-electron chi connectivity index (χ4n) is 2.86. The van der Waals surface area contributed by atoms with Crippen molar-refractivity contribution in [3.8, 4) is 5.75 Å². The lowest BCUT2D eigenvalue weighted by Gasteiger charge is -2.08. The molecule has 3 rings (SSSR count). The van der Waals surface area contributed by atoms with Gasteiger partial charge in [0.25, 0.3) is 5.91 Å². The normalized spacial score (nSPS) is 10.6. The molecule has 1 aromatic heterocycles. The Balaban J connectivity index is 1.75. The van der Waals surface area contributed by atoms with Gasteiger partial charge in [0.1, 0.15) is 16.3 Å². The van der Waals surface area contributed by atoms with Crippen LogP contribution in [0.25, 0.3) is 10.1 Å². The minimum atomic E-state index is -0.469. The average molecular weight is 397 g/mol. The Kier molecular flexibility index (Phi) is 6.66. The van der Waals surface area contributed by atoms with Crippen molar-refractivity contribution in [2.75, 3.05) is 19.0 Å². The molecule has 1 heterocycles. The maximum absolute atomic E-state index is 12.7. The Morgan fingerprint density at radius 3 is 2.50 bits per heavy atom. The van der Waals surface area contributed by atoms with E-state index in [0.29, 0.717) is 22.7 Å². The smallest absolute Gasteiger partial charge is 0.341 e. The van der Waals surface area contributed by atoms with Crippen LogP contribution in [0.1, 0.15) is 46.9 Å². The van der Waals surface area contributed by atoms with E-state index in [1.54, 1.807) is 24.3 Å². The number of benzene rings is 2. The third-order valence-corrected chi connectivity index (χ3v) is 5.43. The number of amides is 1. The number of thiophene rings is 1. The number of unbranched alkanes of at least 4 members (excludes halogenated alkanes) is 2. The summed E-state index contributed by atoms with van der Waals surface area (Å²) in [5.74, 6) is -0.0115. The van der Waals surface area contributed by atoms with Crippen molar-refractivity contribution in [2.24, 2.45) is 0 Å². The Labute approximate surface area is 168 Å². The highest BCUT2D eigenvalue weighted by molar-refractivity contribution is 7.23. The van der Waals surface area contributed by atoms with E-state index in [1.807, 2.05) is 24.3 Å². The van der Waals surface area contributed by atoms with Gasteiger partial charge in [-0.1, -0.05) is 38.0 Å². The number of hydrogen-bond acceptors (Lipinski definition) is 5. The first-order valence-corrected chi connectivity index (χ1v) is 10.1. The molecule has 0 saturated heterocycles. The molecule has 0 aliphatic heterocycles. The number of rotatable bonds is 8. The Morgan fingerprint density at radius 1 is 1.04 bits per heavy atom. The second-order valence-electron chi connectivity index (χ2n) is 6.33. The summed E-state index contributed by atoms with van der Waals surface area (Å²) in [5.41, 5.74) is 0.876. The van der Waals surface area contributed by atoms with Crippen LogP contribution in [0, 0.1) is 0 Å². The van der Waals surface area contributed by atoms with Crippen molar-refractivity contribution in [3.63, 3.8) is 0 Å². The number of methoxy groups -OCH3 is 1. The van der Waals surface area contributed by atoms with E-state index < -0.39 is 5.97 Å². The predicted molar refractivity (Wildman–Crippen MR) is 113 cm³/mol. The molecule has 5 nitrogen and oxygen atoms in total. The third kappa shape index (κ3) is 4.51. The van der Waals surface area contributed by atoms with Gasteiger partial charge in [-0.25, -0.2) is 4.79 Å². The van der Waals surface area contributed by atoms with E-state index in [1.165, 1.54) is 18.4 Å². The number of nitrogens with one attached hydrogen (secondary N) is 1. The lowest BCUT2D eigenvalue weighted by molar-refractivity contribution is 0.0604. The van der Waals surface area contributed by atoms with Crippen LogP contribution in [0.4, 0.5) is 5.00 Å². The molecular weight excluding hydrogens is 374 g/mol. The molecule has 0 bridgehead atoms. The molecule has 0 atom stereocenters. The summed E-state index contributed by atoms with van der Waals surface area (Å²) in [6.07, 6.45) is 3.30. The Morgan fingerprint density at radius 2 is 1.79 bits per heavy atom. The molecule has 0 spiro atoms. The van der Waals surface area contributed by atoms with Crippen LogP contribution in [0.5, 0.6) is 5.75 Å². The average Bonchev–Trinajstić information content (AvgIpc) is 3.09. The van der Waals surface area contributed by atoms with Gasteiger partial charge < -0.3 is 14.8 Å². The zero-order valence-electron chi connectivity index (χ0n) is 16.0. The van der Waals surface area contributed by atoms with Crippen LogP contribution in [0.2, 0.25) is 0 Å². The van der Waals surface area contributed by atoms with Gasteiger partial charge in [-0.2, -0.15) is 0 Å². The van der Waals surface area contributed by atoms with Crippen molar-refractivity contribution < 1.29 is 19.1 Å². The summed E-state index contributed by atoms with van der Waals surface area (Å²) in [5, 5.41) is 4.10. The summed E-state index contributed by atoms with van der Waals surface area (Å²) >= 11 is 1.35. The Bertz CT molecular complexity index is 962. The fraction of sp³-hybridized carbons (Fsp3) is 0.273. The van der Waals surface area contributed by atoms with Crippen molar-refractivity contribution >= 4 is 38.3 Å². The number of carbonyl (C=O) groups excluding carboxylic acids is 2. The molecule has 6 heteroatoms. The van der Waals surface area contributed by atoms with Gasteiger partial charge in [0, 0.05) is 15.6 Å². The number of fused-ring (bicyclic) bond motifs is 1. The van der Waals surface area contributed by atoms with Crippen molar-refractivity contribution in [2.45, 2.75) is 26.2 Å². The fourth-order valence-corrected chi connectivity index (χ4v) is 3.94. The molecule has 1 amide bonds. The number of ether oxygens (including phenoxy) is 2. The molecule has 28 heavy (non-hydrogen) atoms. The van der Waals surface area contributed by atoms with E-state index in [0.717, 1.165) is 35.1 Å². The zero-order valence-corrected chi connectivity index (χ0v) is 16.8. The van der Waals surface area contributed by atoms with Crippen LogP contribution < -0.4 is 10.1 Å². The van der Waals surface area contributed by atoms with Gasteiger partial charge in [-0.3, -0.25) is 4.79 Å². The van der Waals surface area contributed by atoms with Gasteiger partial charge >= 0.3 is 5.97 Å². The monoisotopic (exact) mass is 397 g/mol. The topological polar surface area (TPSA) is 64.6 Å². The molecule has 3 aromatic rings. The SMILES string of the molecule is CCCCCOc1ccc(C(=O)Nc2sc3ccccc3c2C(=O)OC)cc1. The molecule has 0 radical (unpaired) electrons. The van der Waals surface area contributed by atoms with Gasteiger partial charge in [0.15, 0.2) is 0 Å². The molecule has 0 unspecified atom stereocenters. The van der Waals surface area contributed by atoms with Crippen LogP contribution >= 0.6 is 11.3 Å². The molecule has 0 fully saturated rings. The minimum absolute atomic E-state index is 0.283. The highest BCUT2D eigenvalue weighted by Gasteiger charge is 2.21. The molecule has 146 valence electrons. The Hall–Kier alpha value is -2.86. The van der Waals surface area contributed by atoms with Crippen LogP contribution in [-0.4, -0.2) is 25.6 Å². The molecule has 0 aliphatic carbocycles. The quantitative estimate of drug-likeness (QED) is 0.402. The second kappa shape index (κ2) is 9.37. The first-order chi connectivity index (χ1) is 13.6. The van der Waals surface area contributed by atoms with Gasteiger partial charge in [-0.15, -0.1) is 11.3 Å². The molecule has 0 saturated carbocycles. The standard InChI is InChI=1S/C22H23NO4S/c1-3-4-7-14-27-16-12-10-15(11-13-16)20(24)23-21-19(22(25)26-2)17-8-5-6-9-18(17)28-21/h5-6,8-13H,3-4,7,14H2,1-2H3,(H,23,24). The van der Waals surface area contributed by atoms with Crippen molar-refractivity contribution in [3.05, 3.63) is 59.7 Å². The zero-order chi connectivity index (χ0) is 19.9. The van der Waals surface area contributed by atoms with Crippen LogP contribution in [0.15, 0.2) is 48.5 Å². The third-order valence-electron chi connectivity index (χ3n) is 4.35. The van der Waals surface area contributed by atoms with E-state index >= 15 is 0 Å². The van der Waals surface area contributed by atoms with E-state index in [2.05, 4.69) is 12.2 Å². The summed E-state index contributed by atoms with van der Waals surface area (Å²) in [4.78, 5) is 24.9. The highest BCUT2D eigenvalue weighted by atomic mass is 32.1. The van der Waals surface area contributed by atoms with Crippen molar-refractivity contribution in [1.29, 1.82) is 0 Å². The lowest BCUT2D eigenvalue weighted by atomic mass is 10.1. The molecule has 2 aromatic carbocycles. The maximum atomic E-state index is 12.7. The predicted octanol–water partition coefficient (Wildman–Crippen LogP) is 5.51. The number of esters is 1. The van der Waals surface area contributed by atoms with E-state index in [9.17, 15) is 9.59 Å². The van der Waals surface area contributed by atoms with Gasteiger partial charge in [0.2, 0.25) is 0 Å². The summed E-state index contributed by atoms with van der Waals surface area (Å²) in [7, 11) is 1.33. The lowest BCUT2D eigenvalue weighted by Crippen LogP contribution is -2.13. The first-order valence-electron chi connectivity index (χ1n) is 9.28. The van der Waals surface area contributed by atoms with Gasteiger partial charge in [-0.05, 0) is 36.8 Å². The molecule has 1 N–H and O–H groups in total. The first kappa shape index (κ1) is 19.9. The van der Waals surface area contributed by atoms with Crippen LogP contribution in [-0.2, 0) is 4.74 Å². The maximum Gasteiger partial charge on any atom is 0.341 e. The van der Waals surface area contributed by atoms with Crippen molar-refractivity contribution in [1.82, 2.24) is 0 Å². The minimum Gasteiger partial charge on any atom is -0.494 e. The summed E-state index contributed by atoms with van der Waals surface area (Å²) < 4.78 is 11.5. The largest absolute Gasteiger partial charge is 0.494 e. The van der Waals surface area contributed by atoms with Gasteiger partial charge in [0.05, 0.1) is 13.7 Å².